The first-order chi connectivity index (χ1) is 16.2. The lowest BCUT2D eigenvalue weighted by atomic mass is 9.81. The van der Waals surface area contributed by atoms with Gasteiger partial charge in [-0.1, -0.05) is 5.92 Å². The Labute approximate surface area is 193 Å². The van der Waals surface area contributed by atoms with Gasteiger partial charge in [0.05, 0.1) is 19.2 Å². The molecule has 7 heteroatoms. The Bertz CT molecular complexity index is 1120. The molecule has 3 aromatic rings. The molecule has 1 fully saturated rings. The first-order valence-corrected chi connectivity index (χ1v) is 11.3. The zero-order valence-corrected chi connectivity index (χ0v) is 18.8. The highest BCUT2D eigenvalue weighted by atomic mass is 19.1. The number of rotatable bonds is 7. The van der Waals surface area contributed by atoms with Crippen LogP contribution in [0, 0.1) is 23.7 Å². The van der Waals surface area contributed by atoms with Crippen molar-refractivity contribution in [2.45, 2.75) is 25.4 Å². The van der Waals surface area contributed by atoms with Crippen LogP contribution in [0.3, 0.4) is 0 Å². The summed E-state index contributed by atoms with van der Waals surface area (Å²) in [6.45, 7) is 2.38. The minimum absolute atomic E-state index is 0.102. The van der Waals surface area contributed by atoms with Crippen molar-refractivity contribution in [1.29, 1.82) is 0 Å². The van der Waals surface area contributed by atoms with Gasteiger partial charge in [0.15, 0.2) is 0 Å². The van der Waals surface area contributed by atoms with Crippen LogP contribution in [0.1, 0.15) is 36.7 Å². The molecule has 33 heavy (non-hydrogen) atoms. The van der Waals surface area contributed by atoms with E-state index in [9.17, 15) is 5.11 Å². The van der Waals surface area contributed by atoms with Gasteiger partial charge in [0, 0.05) is 30.9 Å². The fourth-order valence-electron chi connectivity index (χ4n) is 4.56. The number of hydrogen-bond donors (Lipinski definition) is 1. The topological polar surface area (TPSA) is 71.4 Å². The second-order valence-corrected chi connectivity index (χ2v) is 8.47. The average molecular weight is 449 g/mol. The number of piperidine rings is 1. The summed E-state index contributed by atoms with van der Waals surface area (Å²) in [6.07, 6.45) is 4.28. The van der Waals surface area contributed by atoms with Crippen molar-refractivity contribution in [1.82, 2.24) is 20.1 Å². The third-order valence-electron chi connectivity index (χ3n) is 6.41. The molecule has 1 aliphatic rings. The van der Waals surface area contributed by atoms with E-state index >= 15 is 4.39 Å². The van der Waals surface area contributed by atoms with Crippen LogP contribution in [0.25, 0.3) is 10.9 Å². The van der Waals surface area contributed by atoms with Gasteiger partial charge >= 0.3 is 0 Å². The number of hydrogen-bond acceptors (Lipinski definition) is 6. The number of likely N-dealkylation sites (tertiary alicyclic amines) is 1. The summed E-state index contributed by atoms with van der Waals surface area (Å²) in [5.74, 6) is 7.28. The van der Waals surface area contributed by atoms with Gasteiger partial charge in [0.1, 0.15) is 17.6 Å². The minimum atomic E-state index is -1.09. The molecular formula is C26H29FN4O2. The molecule has 0 bridgehead atoms. The standard InChI is InChI=1S/C26H29FN4O2/c1-33-22-7-9-26-24(16-22)23(10-13-28-26)25(27)8-6-19-11-15-31(17-20(19)18-32)14-3-5-21-4-2-12-29-30-21/h2,4,7,9-10,12-13,16,19-20,25,32H,6,8,11,14-15,17-18H2,1H3/t19-,20-,25+/m1/s1. The molecule has 3 heterocycles. The number of aliphatic hydroxyl groups is 1. The summed E-state index contributed by atoms with van der Waals surface area (Å²) in [5.41, 5.74) is 2.07. The molecule has 4 rings (SSSR count). The van der Waals surface area contributed by atoms with Crippen molar-refractivity contribution in [3.63, 3.8) is 0 Å². The quantitative estimate of drug-likeness (QED) is 0.555. The van der Waals surface area contributed by atoms with Gasteiger partial charge in [-0.05, 0) is 85.5 Å². The van der Waals surface area contributed by atoms with Crippen LogP contribution >= 0.6 is 0 Å². The smallest absolute Gasteiger partial charge is 0.135 e. The van der Waals surface area contributed by atoms with E-state index in [0.717, 1.165) is 36.8 Å². The highest BCUT2D eigenvalue weighted by molar-refractivity contribution is 5.83. The first kappa shape index (κ1) is 23.1. The summed E-state index contributed by atoms with van der Waals surface area (Å²) in [7, 11) is 1.60. The van der Waals surface area contributed by atoms with Crippen molar-refractivity contribution < 1.29 is 14.2 Å². The second-order valence-electron chi connectivity index (χ2n) is 8.47. The van der Waals surface area contributed by atoms with E-state index < -0.39 is 6.17 Å². The summed E-state index contributed by atoms with van der Waals surface area (Å²) >= 11 is 0. The molecule has 0 radical (unpaired) electrons. The Morgan fingerprint density at radius 2 is 2.15 bits per heavy atom. The third-order valence-corrected chi connectivity index (χ3v) is 6.41. The van der Waals surface area contributed by atoms with Crippen molar-refractivity contribution in [2.24, 2.45) is 11.8 Å². The number of methoxy groups -OCH3 is 1. The Morgan fingerprint density at radius 1 is 1.24 bits per heavy atom. The molecule has 1 aromatic carbocycles. The van der Waals surface area contributed by atoms with Crippen molar-refractivity contribution in [2.75, 3.05) is 33.4 Å². The molecule has 6 nitrogen and oxygen atoms in total. The highest BCUT2D eigenvalue weighted by Crippen LogP contribution is 2.35. The van der Waals surface area contributed by atoms with Crippen LogP contribution in [0.15, 0.2) is 48.8 Å². The minimum Gasteiger partial charge on any atom is -0.497 e. The van der Waals surface area contributed by atoms with Crippen LogP contribution in [-0.2, 0) is 0 Å². The molecular weight excluding hydrogens is 419 g/mol. The van der Waals surface area contributed by atoms with Gasteiger partial charge in [0.25, 0.3) is 0 Å². The first-order valence-electron chi connectivity index (χ1n) is 11.3. The Hall–Kier alpha value is -3.08. The third kappa shape index (κ3) is 5.84. The van der Waals surface area contributed by atoms with E-state index in [1.54, 1.807) is 25.6 Å². The molecule has 1 aliphatic heterocycles. The van der Waals surface area contributed by atoms with E-state index in [1.807, 2.05) is 30.3 Å². The fraction of sp³-hybridized carbons (Fsp3) is 0.423. The van der Waals surface area contributed by atoms with Crippen molar-refractivity contribution in [3.05, 3.63) is 60.0 Å². The predicted molar refractivity (Wildman–Crippen MR) is 125 cm³/mol. The zero-order valence-electron chi connectivity index (χ0n) is 18.8. The van der Waals surface area contributed by atoms with Crippen LogP contribution in [0.2, 0.25) is 0 Å². The molecule has 0 saturated carbocycles. The predicted octanol–water partition coefficient (Wildman–Crippen LogP) is 3.81. The molecule has 1 N–H and O–H groups in total. The maximum atomic E-state index is 15.3. The number of nitrogens with zero attached hydrogens (tertiary/aromatic N) is 4. The number of alkyl halides is 1. The molecule has 2 aromatic heterocycles. The van der Waals surface area contributed by atoms with Gasteiger partial charge in [-0.25, -0.2) is 4.39 Å². The second kappa shape index (κ2) is 11.2. The molecule has 1 saturated heterocycles. The number of benzene rings is 1. The fourth-order valence-corrected chi connectivity index (χ4v) is 4.56. The number of ether oxygens (including phenoxy) is 1. The Kier molecular flexibility index (Phi) is 7.82. The number of aliphatic hydroxyl groups excluding tert-OH is 1. The van der Waals surface area contributed by atoms with Crippen LogP contribution < -0.4 is 4.74 Å². The largest absolute Gasteiger partial charge is 0.497 e. The molecule has 0 amide bonds. The van der Waals surface area contributed by atoms with Gasteiger partial charge in [-0.15, -0.1) is 5.10 Å². The molecule has 0 unspecified atom stereocenters. The van der Waals surface area contributed by atoms with Gasteiger partial charge in [-0.3, -0.25) is 9.88 Å². The number of fused-ring (bicyclic) bond motifs is 1. The summed E-state index contributed by atoms with van der Waals surface area (Å²) < 4.78 is 20.6. The van der Waals surface area contributed by atoms with E-state index in [-0.39, 0.29) is 12.5 Å². The molecule has 0 spiro atoms. The summed E-state index contributed by atoms with van der Waals surface area (Å²) in [5, 5.41) is 18.6. The maximum Gasteiger partial charge on any atom is 0.135 e. The Balaban J connectivity index is 1.34. The number of aromatic nitrogens is 3. The van der Waals surface area contributed by atoms with Gasteiger partial charge in [-0.2, -0.15) is 5.10 Å². The monoisotopic (exact) mass is 448 g/mol. The molecule has 0 aliphatic carbocycles. The summed E-state index contributed by atoms with van der Waals surface area (Å²) in [4.78, 5) is 6.59. The van der Waals surface area contributed by atoms with Crippen LogP contribution in [-0.4, -0.2) is 58.5 Å². The van der Waals surface area contributed by atoms with E-state index in [2.05, 4.69) is 31.9 Å². The lowest BCUT2D eigenvalue weighted by Crippen LogP contribution is -2.42. The zero-order chi connectivity index (χ0) is 23.0. The van der Waals surface area contributed by atoms with Crippen molar-refractivity contribution >= 4 is 10.9 Å². The van der Waals surface area contributed by atoms with E-state index in [0.29, 0.717) is 35.9 Å². The van der Waals surface area contributed by atoms with Crippen LogP contribution in [0.4, 0.5) is 4.39 Å². The normalized spacial score (nSPS) is 19.6. The highest BCUT2D eigenvalue weighted by Gasteiger charge is 2.29. The Morgan fingerprint density at radius 3 is 2.94 bits per heavy atom. The SMILES string of the molecule is COc1ccc2nccc([C@@H](F)CC[C@@H]3CCN(CC#Cc4cccnn4)C[C@@H]3CO)c2c1. The molecule has 3 atom stereocenters. The van der Waals surface area contributed by atoms with Gasteiger partial charge < -0.3 is 9.84 Å². The van der Waals surface area contributed by atoms with Crippen LogP contribution in [0.5, 0.6) is 5.75 Å². The lowest BCUT2D eigenvalue weighted by molar-refractivity contribution is 0.0708. The maximum absolute atomic E-state index is 15.3. The number of pyridine rings is 1. The van der Waals surface area contributed by atoms with Gasteiger partial charge in [0.2, 0.25) is 0 Å². The summed E-state index contributed by atoms with van der Waals surface area (Å²) in [6, 6.07) is 10.9. The average Bonchev–Trinajstić information content (AvgIpc) is 2.87. The van der Waals surface area contributed by atoms with E-state index in [4.69, 9.17) is 4.74 Å². The van der Waals surface area contributed by atoms with Crippen molar-refractivity contribution in [3.8, 4) is 17.6 Å². The lowest BCUT2D eigenvalue weighted by Gasteiger charge is -2.37. The van der Waals surface area contributed by atoms with E-state index in [1.165, 1.54) is 0 Å². The number of halogens is 1. The molecule has 172 valence electrons.